The van der Waals surface area contributed by atoms with Crippen molar-refractivity contribution >= 4 is 35.2 Å². The van der Waals surface area contributed by atoms with Crippen LogP contribution in [0.25, 0.3) is 0 Å². The van der Waals surface area contributed by atoms with Crippen LogP contribution in [0, 0.1) is 9.39 Å². The van der Waals surface area contributed by atoms with Crippen molar-refractivity contribution in [2.75, 3.05) is 0 Å². The van der Waals surface area contributed by atoms with Crippen LogP contribution in [0.3, 0.4) is 0 Å². The zero-order valence-corrected chi connectivity index (χ0v) is 12.5. The maximum absolute atomic E-state index is 14.0. The van der Waals surface area contributed by atoms with Crippen molar-refractivity contribution in [1.29, 1.82) is 0 Å². The molecule has 0 atom stereocenters. The second-order valence-electron chi connectivity index (χ2n) is 5.23. The topological polar surface area (TPSA) is 18.5 Å². The van der Waals surface area contributed by atoms with Crippen molar-refractivity contribution in [2.24, 2.45) is 0 Å². The minimum absolute atomic E-state index is 0.258. The molecular formula is C12H15BFIO2. The van der Waals surface area contributed by atoms with E-state index in [4.69, 9.17) is 9.31 Å². The van der Waals surface area contributed by atoms with Gasteiger partial charge in [0.1, 0.15) is 5.82 Å². The van der Waals surface area contributed by atoms with E-state index in [0.29, 0.717) is 9.03 Å². The van der Waals surface area contributed by atoms with E-state index in [9.17, 15) is 4.39 Å². The van der Waals surface area contributed by atoms with E-state index in [0.717, 1.165) is 0 Å². The molecule has 1 saturated heterocycles. The summed E-state index contributed by atoms with van der Waals surface area (Å²) in [4.78, 5) is 0. The number of hydrogen-bond donors (Lipinski definition) is 0. The third-order valence-corrected chi connectivity index (χ3v) is 4.32. The van der Waals surface area contributed by atoms with Gasteiger partial charge in [0.05, 0.1) is 11.2 Å². The Hall–Kier alpha value is -0.135. The van der Waals surface area contributed by atoms with E-state index in [2.05, 4.69) is 0 Å². The number of hydrogen-bond acceptors (Lipinski definition) is 2. The molecule has 0 aromatic heterocycles. The Morgan fingerprint density at radius 1 is 1.12 bits per heavy atom. The molecule has 1 aromatic carbocycles. The fourth-order valence-corrected chi connectivity index (χ4v) is 2.19. The SMILES string of the molecule is CC1(C)OB(c2cccc(I)c2F)OC1(C)C. The van der Waals surface area contributed by atoms with Crippen molar-refractivity contribution < 1.29 is 13.7 Å². The van der Waals surface area contributed by atoms with Crippen LogP contribution < -0.4 is 5.46 Å². The third-order valence-electron chi connectivity index (χ3n) is 3.49. The van der Waals surface area contributed by atoms with E-state index in [-0.39, 0.29) is 5.82 Å². The molecule has 0 bridgehead atoms. The molecule has 0 amide bonds. The Kier molecular flexibility index (Phi) is 3.29. The maximum Gasteiger partial charge on any atom is 0.497 e. The lowest BCUT2D eigenvalue weighted by Crippen LogP contribution is -2.41. The summed E-state index contributed by atoms with van der Waals surface area (Å²) >= 11 is 1.97. The molecule has 1 aliphatic rings. The highest BCUT2D eigenvalue weighted by atomic mass is 127. The van der Waals surface area contributed by atoms with Crippen molar-refractivity contribution in [3.63, 3.8) is 0 Å². The molecule has 1 aliphatic heterocycles. The average Bonchev–Trinajstić information content (AvgIpc) is 2.40. The molecule has 0 unspecified atom stereocenters. The van der Waals surface area contributed by atoms with Gasteiger partial charge in [-0.2, -0.15) is 0 Å². The van der Waals surface area contributed by atoms with Crippen molar-refractivity contribution in [3.05, 3.63) is 27.6 Å². The zero-order chi connectivity index (χ0) is 12.8. The van der Waals surface area contributed by atoms with Gasteiger partial charge in [0, 0.05) is 9.03 Å². The summed E-state index contributed by atoms with van der Waals surface area (Å²) in [5.74, 6) is -0.258. The van der Waals surface area contributed by atoms with Crippen LogP contribution in [0.1, 0.15) is 27.7 Å². The Balaban J connectivity index is 2.36. The van der Waals surface area contributed by atoms with Gasteiger partial charge < -0.3 is 9.31 Å². The monoisotopic (exact) mass is 348 g/mol. The first-order valence-corrected chi connectivity index (χ1v) is 6.62. The molecule has 2 rings (SSSR count). The zero-order valence-electron chi connectivity index (χ0n) is 10.4. The first-order chi connectivity index (χ1) is 7.74. The lowest BCUT2D eigenvalue weighted by atomic mass is 9.79. The minimum Gasteiger partial charge on any atom is -0.399 e. The Morgan fingerprint density at radius 3 is 2.18 bits per heavy atom. The van der Waals surface area contributed by atoms with E-state index < -0.39 is 18.3 Å². The molecule has 0 radical (unpaired) electrons. The van der Waals surface area contributed by atoms with Gasteiger partial charge in [-0.05, 0) is 56.4 Å². The second-order valence-corrected chi connectivity index (χ2v) is 6.39. The van der Waals surface area contributed by atoms with E-state index >= 15 is 0 Å². The fourth-order valence-electron chi connectivity index (χ4n) is 1.67. The largest absolute Gasteiger partial charge is 0.497 e. The van der Waals surface area contributed by atoms with Gasteiger partial charge >= 0.3 is 7.12 Å². The van der Waals surface area contributed by atoms with E-state index in [1.165, 1.54) is 0 Å². The quantitative estimate of drug-likeness (QED) is 0.574. The van der Waals surface area contributed by atoms with Gasteiger partial charge in [0.25, 0.3) is 0 Å². The van der Waals surface area contributed by atoms with E-state index in [1.807, 2.05) is 56.4 Å². The molecule has 1 aromatic rings. The molecule has 5 heteroatoms. The minimum atomic E-state index is -0.630. The van der Waals surface area contributed by atoms with Crippen LogP contribution >= 0.6 is 22.6 Å². The second kappa shape index (κ2) is 4.21. The summed E-state index contributed by atoms with van der Waals surface area (Å²) in [6, 6.07) is 5.25. The standard InChI is InChI=1S/C12H15BFIO2/c1-11(2)12(3,4)17-13(16-11)8-6-5-7-9(15)10(8)14/h5-7H,1-4H3. The molecule has 0 N–H and O–H groups in total. The highest BCUT2D eigenvalue weighted by Gasteiger charge is 2.52. The number of halogens is 2. The van der Waals surface area contributed by atoms with Crippen LogP contribution in [0.15, 0.2) is 18.2 Å². The maximum atomic E-state index is 14.0. The van der Waals surface area contributed by atoms with Gasteiger partial charge in [-0.3, -0.25) is 0 Å². The van der Waals surface area contributed by atoms with Gasteiger partial charge in [0.15, 0.2) is 0 Å². The smallest absolute Gasteiger partial charge is 0.399 e. The Morgan fingerprint density at radius 2 is 1.65 bits per heavy atom. The van der Waals surface area contributed by atoms with Crippen LogP contribution in [-0.2, 0) is 9.31 Å². The van der Waals surface area contributed by atoms with Crippen molar-refractivity contribution in [3.8, 4) is 0 Å². The number of rotatable bonds is 1. The van der Waals surface area contributed by atoms with Crippen LogP contribution in [-0.4, -0.2) is 18.3 Å². The van der Waals surface area contributed by atoms with Gasteiger partial charge in [-0.1, -0.05) is 12.1 Å². The number of benzene rings is 1. The van der Waals surface area contributed by atoms with Crippen LogP contribution in [0.5, 0.6) is 0 Å². The first-order valence-electron chi connectivity index (χ1n) is 5.54. The summed E-state index contributed by atoms with van der Waals surface area (Å²) in [5, 5.41) is 0. The summed E-state index contributed by atoms with van der Waals surface area (Å²) in [6.45, 7) is 7.83. The molecule has 1 fully saturated rings. The summed E-state index contributed by atoms with van der Waals surface area (Å²) in [6.07, 6.45) is 0. The van der Waals surface area contributed by atoms with Gasteiger partial charge in [0.2, 0.25) is 0 Å². The molecule has 0 spiro atoms. The lowest BCUT2D eigenvalue weighted by molar-refractivity contribution is 0.00578. The molecule has 92 valence electrons. The normalized spacial score (nSPS) is 21.9. The lowest BCUT2D eigenvalue weighted by Gasteiger charge is -2.32. The van der Waals surface area contributed by atoms with Crippen LogP contribution in [0.4, 0.5) is 4.39 Å². The third kappa shape index (κ3) is 2.24. The molecular weight excluding hydrogens is 333 g/mol. The van der Waals surface area contributed by atoms with Gasteiger partial charge in [-0.25, -0.2) is 4.39 Å². The summed E-state index contributed by atoms with van der Waals surface area (Å²) in [7, 11) is -0.630. The molecule has 2 nitrogen and oxygen atoms in total. The highest BCUT2D eigenvalue weighted by Crippen LogP contribution is 2.36. The predicted octanol–water partition coefficient (Wildman–Crippen LogP) is 2.73. The molecule has 0 aliphatic carbocycles. The molecule has 0 saturated carbocycles. The fraction of sp³-hybridized carbons (Fsp3) is 0.500. The Bertz CT molecular complexity index is 432. The molecule has 17 heavy (non-hydrogen) atoms. The summed E-state index contributed by atoms with van der Waals surface area (Å²) in [5.41, 5.74) is -0.410. The average molecular weight is 348 g/mol. The predicted molar refractivity (Wildman–Crippen MR) is 74.8 cm³/mol. The van der Waals surface area contributed by atoms with E-state index in [1.54, 1.807) is 12.1 Å². The molecule has 1 heterocycles. The van der Waals surface area contributed by atoms with Crippen LogP contribution in [0.2, 0.25) is 0 Å². The first kappa shape index (κ1) is 13.3. The highest BCUT2D eigenvalue weighted by molar-refractivity contribution is 14.1. The van der Waals surface area contributed by atoms with Crippen molar-refractivity contribution in [1.82, 2.24) is 0 Å². The van der Waals surface area contributed by atoms with Gasteiger partial charge in [-0.15, -0.1) is 0 Å². The Labute approximate surface area is 115 Å². The summed E-state index contributed by atoms with van der Waals surface area (Å²) < 4.78 is 26.2. The van der Waals surface area contributed by atoms with Crippen molar-refractivity contribution in [2.45, 2.75) is 38.9 Å².